The summed E-state index contributed by atoms with van der Waals surface area (Å²) in [4.78, 5) is 22.0. The monoisotopic (exact) mass is 358 g/mol. The molecular weight excluding hydrogens is 332 g/mol. The van der Waals surface area contributed by atoms with Gasteiger partial charge in [-0.25, -0.2) is 0 Å². The van der Waals surface area contributed by atoms with E-state index in [0.717, 1.165) is 45.0 Å². The number of halogens is 1. The van der Waals surface area contributed by atoms with Crippen molar-refractivity contribution in [3.8, 4) is 0 Å². The molecule has 0 amide bonds. The van der Waals surface area contributed by atoms with Gasteiger partial charge < -0.3 is 19.4 Å². The van der Waals surface area contributed by atoms with Crippen LogP contribution in [0.1, 0.15) is 51.4 Å². The minimum atomic E-state index is -0.772. The van der Waals surface area contributed by atoms with E-state index >= 15 is 0 Å². The Kier molecular flexibility index (Phi) is 8.22. The van der Waals surface area contributed by atoms with Crippen LogP contribution in [0.4, 0.5) is 0 Å². The lowest BCUT2D eigenvalue weighted by molar-refractivity contribution is -0.194. The first-order valence-corrected chi connectivity index (χ1v) is 9.28. The summed E-state index contributed by atoms with van der Waals surface area (Å²) in [5.41, 5.74) is 0. The summed E-state index contributed by atoms with van der Waals surface area (Å²) in [5, 5.41) is 8.52. The lowest BCUT2D eigenvalue weighted by Crippen LogP contribution is -2.31. The summed E-state index contributed by atoms with van der Waals surface area (Å²) in [5.74, 6) is -0.916. The SMILES string of the molecule is O=C[C@@H]1[C@@H](C/C=C\CCCC(=O)O)[C@H](Cl)C[C@H]1OC1CCCCO1. The number of hydrogen-bond donors (Lipinski definition) is 1. The van der Waals surface area contributed by atoms with E-state index in [9.17, 15) is 9.59 Å². The van der Waals surface area contributed by atoms with E-state index in [-0.39, 0.29) is 36.0 Å². The first-order valence-electron chi connectivity index (χ1n) is 8.85. The molecule has 2 fully saturated rings. The molecule has 6 heteroatoms. The van der Waals surface area contributed by atoms with Crippen molar-refractivity contribution >= 4 is 23.9 Å². The Morgan fingerprint density at radius 3 is 2.83 bits per heavy atom. The summed E-state index contributed by atoms with van der Waals surface area (Å²) in [7, 11) is 0. The molecule has 0 radical (unpaired) electrons. The van der Waals surface area contributed by atoms with Crippen LogP contribution >= 0.6 is 11.6 Å². The lowest BCUT2D eigenvalue weighted by atomic mass is 9.92. The molecule has 0 spiro atoms. The molecule has 1 unspecified atom stereocenters. The fourth-order valence-electron chi connectivity index (χ4n) is 3.47. The summed E-state index contributed by atoms with van der Waals surface area (Å²) in [6, 6.07) is 0. The molecule has 2 rings (SSSR count). The van der Waals surface area contributed by atoms with E-state index in [2.05, 4.69) is 0 Å². The van der Waals surface area contributed by atoms with Gasteiger partial charge in [0.1, 0.15) is 6.29 Å². The molecule has 1 heterocycles. The topological polar surface area (TPSA) is 72.8 Å². The van der Waals surface area contributed by atoms with Crippen LogP contribution in [-0.4, -0.2) is 41.7 Å². The Labute approximate surface area is 148 Å². The maximum atomic E-state index is 11.6. The molecular formula is C18H27ClO5. The first-order chi connectivity index (χ1) is 11.6. The van der Waals surface area contributed by atoms with Gasteiger partial charge in [-0.15, -0.1) is 11.6 Å². The second kappa shape index (κ2) is 10.2. The molecule has 0 aromatic carbocycles. The van der Waals surface area contributed by atoms with Crippen molar-refractivity contribution in [1.82, 2.24) is 0 Å². The molecule has 1 N–H and O–H groups in total. The number of carbonyl (C=O) groups excluding carboxylic acids is 1. The summed E-state index contributed by atoms with van der Waals surface area (Å²) >= 11 is 6.45. The summed E-state index contributed by atoms with van der Waals surface area (Å²) in [6.07, 6.45) is 10.5. The largest absolute Gasteiger partial charge is 0.481 e. The fourth-order valence-corrected chi connectivity index (χ4v) is 3.91. The van der Waals surface area contributed by atoms with Gasteiger partial charge in [-0.3, -0.25) is 4.79 Å². The molecule has 2 aliphatic rings. The number of aldehydes is 1. The zero-order valence-electron chi connectivity index (χ0n) is 13.9. The van der Waals surface area contributed by atoms with Gasteiger partial charge in [0.2, 0.25) is 0 Å². The van der Waals surface area contributed by atoms with Gasteiger partial charge in [0.15, 0.2) is 6.29 Å². The van der Waals surface area contributed by atoms with Crippen LogP contribution in [0.25, 0.3) is 0 Å². The minimum absolute atomic E-state index is 0.0634. The first kappa shape index (κ1) is 19.4. The van der Waals surface area contributed by atoms with E-state index in [1.165, 1.54) is 0 Å². The van der Waals surface area contributed by atoms with Crippen LogP contribution in [0.2, 0.25) is 0 Å². The van der Waals surface area contributed by atoms with Crippen LogP contribution in [0.3, 0.4) is 0 Å². The number of carboxylic acids is 1. The molecule has 1 saturated carbocycles. The highest BCUT2D eigenvalue weighted by Gasteiger charge is 2.43. The number of ether oxygens (including phenoxy) is 2. The molecule has 0 aromatic rings. The van der Waals surface area contributed by atoms with Gasteiger partial charge in [0.05, 0.1) is 6.10 Å². The Morgan fingerprint density at radius 1 is 1.33 bits per heavy atom. The van der Waals surface area contributed by atoms with Gasteiger partial charge in [-0.05, 0) is 50.9 Å². The van der Waals surface area contributed by atoms with Gasteiger partial charge in [-0.2, -0.15) is 0 Å². The second-order valence-electron chi connectivity index (χ2n) is 6.59. The zero-order chi connectivity index (χ0) is 17.4. The van der Waals surface area contributed by atoms with Crippen molar-refractivity contribution in [1.29, 1.82) is 0 Å². The van der Waals surface area contributed by atoms with Crippen LogP contribution < -0.4 is 0 Å². The van der Waals surface area contributed by atoms with Gasteiger partial charge in [-0.1, -0.05) is 12.2 Å². The van der Waals surface area contributed by atoms with Crippen LogP contribution in [0.15, 0.2) is 12.2 Å². The zero-order valence-corrected chi connectivity index (χ0v) is 14.7. The molecule has 24 heavy (non-hydrogen) atoms. The van der Waals surface area contributed by atoms with Gasteiger partial charge in [0, 0.05) is 24.3 Å². The van der Waals surface area contributed by atoms with E-state index in [1.807, 2.05) is 12.2 Å². The third-order valence-corrected chi connectivity index (χ3v) is 5.31. The number of rotatable bonds is 9. The lowest BCUT2D eigenvalue weighted by Gasteiger charge is -2.28. The average Bonchev–Trinajstić information content (AvgIpc) is 2.86. The maximum Gasteiger partial charge on any atom is 0.303 e. The quantitative estimate of drug-likeness (QED) is 0.295. The third kappa shape index (κ3) is 5.87. The number of unbranched alkanes of at least 4 members (excludes halogenated alkanes) is 1. The van der Waals surface area contributed by atoms with Gasteiger partial charge >= 0.3 is 5.97 Å². The highest BCUT2D eigenvalue weighted by atomic mass is 35.5. The van der Waals surface area contributed by atoms with Crippen molar-refractivity contribution in [3.05, 3.63) is 12.2 Å². The second-order valence-corrected chi connectivity index (χ2v) is 7.15. The van der Waals surface area contributed by atoms with E-state index in [0.29, 0.717) is 12.8 Å². The summed E-state index contributed by atoms with van der Waals surface area (Å²) < 4.78 is 11.6. The number of carboxylic acid groups (broad SMARTS) is 1. The smallest absolute Gasteiger partial charge is 0.303 e. The number of aliphatic carboxylic acids is 1. The van der Waals surface area contributed by atoms with Crippen molar-refractivity contribution in [3.63, 3.8) is 0 Å². The van der Waals surface area contributed by atoms with E-state index < -0.39 is 5.97 Å². The van der Waals surface area contributed by atoms with Crippen molar-refractivity contribution in [2.45, 2.75) is 69.1 Å². The molecule has 1 aliphatic heterocycles. The predicted molar refractivity (Wildman–Crippen MR) is 91.0 cm³/mol. The Balaban J connectivity index is 1.79. The molecule has 0 aromatic heterocycles. The van der Waals surface area contributed by atoms with Crippen LogP contribution in [0.5, 0.6) is 0 Å². The standard InChI is InChI=1S/C18H27ClO5/c19-15-11-16(24-18-9-5-6-10-23-18)14(12-20)13(15)7-3-1-2-4-8-17(21)22/h1,3,12-16,18H,2,4-11H2,(H,21,22)/b3-1-/t13-,14-,15-,16-,18?/m1/s1. The molecule has 1 saturated heterocycles. The molecule has 136 valence electrons. The van der Waals surface area contributed by atoms with Crippen molar-refractivity contribution in [2.24, 2.45) is 11.8 Å². The highest BCUT2D eigenvalue weighted by molar-refractivity contribution is 6.21. The van der Waals surface area contributed by atoms with Crippen molar-refractivity contribution in [2.75, 3.05) is 6.61 Å². The van der Waals surface area contributed by atoms with E-state index in [4.69, 9.17) is 26.2 Å². The predicted octanol–water partition coefficient (Wildman–Crippen LogP) is 3.54. The number of alkyl halides is 1. The fraction of sp³-hybridized carbons (Fsp3) is 0.778. The van der Waals surface area contributed by atoms with Crippen LogP contribution in [0, 0.1) is 11.8 Å². The average molecular weight is 359 g/mol. The maximum absolute atomic E-state index is 11.6. The molecule has 5 atom stereocenters. The number of allylic oxidation sites excluding steroid dienone is 2. The van der Waals surface area contributed by atoms with Crippen LogP contribution in [-0.2, 0) is 19.1 Å². The van der Waals surface area contributed by atoms with Crippen molar-refractivity contribution < 1.29 is 24.2 Å². The molecule has 0 bridgehead atoms. The number of carbonyl (C=O) groups is 2. The third-order valence-electron chi connectivity index (χ3n) is 4.80. The normalized spacial score (nSPS) is 33.8. The summed E-state index contributed by atoms with van der Waals surface area (Å²) in [6.45, 7) is 0.718. The highest BCUT2D eigenvalue weighted by Crippen LogP contribution is 2.40. The Hall–Kier alpha value is -0.910. The Bertz CT molecular complexity index is 433. The van der Waals surface area contributed by atoms with Gasteiger partial charge in [0.25, 0.3) is 0 Å². The minimum Gasteiger partial charge on any atom is -0.481 e. The molecule has 1 aliphatic carbocycles. The Morgan fingerprint density at radius 2 is 2.17 bits per heavy atom. The molecule has 5 nitrogen and oxygen atoms in total. The van der Waals surface area contributed by atoms with E-state index in [1.54, 1.807) is 0 Å². The number of hydrogen-bond acceptors (Lipinski definition) is 4.